The number of ether oxygens (including phenoxy) is 2. The van der Waals surface area contributed by atoms with E-state index in [1.165, 1.54) is 12.3 Å². The molecule has 1 atom stereocenters. The van der Waals surface area contributed by atoms with E-state index in [1.54, 1.807) is 18.2 Å². The summed E-state index contributed by atoms with van der Waals surface area (Å²) in [4.78, 5) is 16.5. The number of pyridine rings is 1. The maximum absolute atomic E-state index is 12.5. The number of carbonyl (C=O) groups excluding carboxylic acids is 1. The Morgan fingerprint density at radius 2 is 1.72 bits per heavy atom. The van der Waals surface area contributed by atoms with E-state index in [1.807, 2.05) is 59.9 Å². The summed E-state index contributed by atoms with van der Waals surface area (Å²) in [6.07, 6.45) is -2.96. The normalized spacial score (nSPS) is 12.2. The van der Waals surface area contributed by atoms with Crippen molar-refractivity contribution in [3.63, 3.8) is 0 Å². The van der Waals surface area contributed by atoms with E-state index in [9.17, 15) is 23.1 Å². The Kier molecular flexibility index (Phi) is 9.35. The number of carbonyl (C=O) groups is 1. The molecule has 4 aromatic rings. The smallest absolute Gasteiger partial charge is 0.405 e. The molecule has 0 unspecified atom stereocenters. The highest BCUT2D eigenvalue weighted by molar-refractivity contribution is 6.06. The molecular weight excluding hydrogens is 511 g/mol. The molecule has 0 spiro atoms. The lowest BCUT2D eigenvalue weighted by molar-refractivity contribution is -0.123. The number of aromatic nitrogens is 1. The molecule has 1 amide bonds. The topological polar surface area (TPSA) is 92.7 Å². The molecule has 3 N–H and O–H groups in total. The van der Waals surface area contributed by atoms with Gasteiger partial charge in [-0.1, -0.05) is 36.4 Å². The maximum Gasteiger partial charge on any atom is 0.405 e. The summed E-state index contributed by atoms with van der Waals surface area (Å²) in [5.74, 6) is 0.827. The number of rotatable bonds is 12. The van der Waals surface area contributed by atoms with Crippen LogP contribution >= 0.6 is 0 Å². The number of hydrogen-bond acceptors (Lipinski definition) is 6. The van der Waals surface area contributed by atoms with Gasteiger partial charge in [0.15, 0.2) is 0 Å². The highest BCUT2D eigenvalue weighted by atomic mass is 19.4. The van der Waals surface area contributed by atoms with Gasteiger partial charge in [-0.15, -0.1) is 0 Å². The molecule has 0 saturated heterocycles. The molecule has 10 heteroatoms. The van der Waals surface area contributed by atoms with Gasteiger partial charge in [0.1, 0.15) is 36.5 Å². The molecule has 204 valence electrons. The number of hydrogen-bond donors (Lipinski definition) is 3. The number of alkyl halides is 3. The van der Waals surface area contributed by atoms with Crippen molar-refractivity contribution in [2.75, 3.05) is 26.2 Å². The number of aliphatic hydroxyl groups excluding tert-OH is 1. The Labute approximate surface area is 223 Å². The fourth-order valence-corrected chi connectivity index (χ4v) is 3.82. The first-order valence-electron chi connectivity index (χ1n) is 12.3. The fraction of sp³-hybridized carbons (Fsp3) is 0.241. The van der Waals surface area contributed by atoms with Crippen LogP contribution < -0.4 is 20.1 Å². The van der Waals surface area contributed by atoms with Gasteiger partial charge in [-0.2, -0.15) is 13.2 Å². The minimum atomic E-state index is -4.51. The zero-order chi connectivity index (χ0) is 27.7. The van der Waals surface area contributed by atoms with E-state index in [2.05, 4.69) is 10.3 Å². The molecule has 0 saturated carbocycles. The van der Waals surface area contributed by atoms with Crippen LogP contribution in [0.3, 0.4) is 0 Å². The van der Waals surface area contributed by atoms with Crippen LogP contribution in [0.5, 0.6) is 17.2 Å². The SMILES string of the molecule is O=C(NCC(F)(F)F)c1cccc2c(Oc3ccc(CCNC[C@H](O)COc4ccccc4)cc3)ccnc12. The highest BCUT2D eigenvalue weighted by Gasteiger charge is 2.28. The Hall–Kier alpha value is -4.15. The van der Waals surface area contributed by atoms with Crippen molar-refractivity contribution in [3.8, 4) is 17.2 Å². The van der Waals surface area contributed by atoms with Crippen molar-refractivity contribution in [1.29, 1.82) is 0 Å². The number of para-hydroxylation sites is 2. The lowest BCUT2D eigenvalue weighted by Gasteiger charge is -2.13. The number of amides is 1. The molecule has 7 nitrogen and oxygen atoms in total. The largest absolute Gasteiger partial charge is 0.491 e. The molecule has 0 aliphatic carbocycles. The van der Waals surface area contributed by atoms with Crippen LogP contribution in [0.15, 0.2) is 85.1 Å². The first-order valence-corrected chi connectivity index (χ1v) is 12.3. The summed E-state index contributed by atoms with van der Waals surface area (Å²) in [5, 5.41) is 15.7. The van der Waals surface area contributed by atoms with Crippen LogP contribution in [0.1, 0.15) is 15.9 Å². The van der Waals surface area contributed by atoms with E-state index in [0.29, 0.717) is 35.7 Å². The van der Waals surface area contributed by atoms with Gasteiger partial charge in [0.2, 0.25) is 0 Å². The van der Waals surface area contributed by atoms with Crippen molar-refractivity contribution >= 4 is 16.8 Å². The Bertz CT molecular complexity index is 1370. The number of nitrogens with one attached hydrogen (secondary N) is 2. The van der Waals surface area contributed by atoms with Crippen LogP contribution in [0.2, 0.25) is 0 Å². The number of benzene rings is 3. The number of halogens is 3. The molecular formula is C29H28F3N3O4. The number of aliphatic hydroxyl groups is 1. The van der Waals surface area contributed by atoms with Gasteiger partial charge in [0, 0.05) is 18.1 Å². The van der Waals surface area contributed by atoms with Crippen molar-refractivity contribution < 1.29 is 32.5 Å². The molecule has 1 aromatic heterocycles. The third kappa shape index (κ3) is 8.42. The van der Waals surface area contributed by atoms with Crippen molar-refractivity contribution in [1.82, 2.24) is 15.6 Å². The molecule has 0 radical (unpaired) electrons. The van der Waals surface area contributed by atoms with Gasteiger partial charge in [0.05, 0.1) is 11.1 Å². The van der Waals surface area contributed by atoms with Crippen LogP contribution in [-0.4, -0.2) is 54.5 Å². The Balaban J connectivity index is 1.29. The van der Waals surface area contributed by atoms with Crippen molar-refractivity contribution in [2.45, 2.75) is 18.7 Å². The van der Waals surface area contributed by atoms with Gasteiger partial charge in [-0.25, -0.2) is 0 Å². The lowest BCUT2D eigenvalue weighted by atomic mass is 10.1. The molecule has 0 aliphatic heterocycles. The number of nitrogens with zero attached hydrogens (tertiary/aromatic N) is 1. The van der Waals surface area contributed by atoms with Crippen molar-refractivity contribution in [2.24, 2.45) is 0 Å². The Morgan fingerprint density at radius 1 is 0.949 bits per heavy atom. The third-order valence-electron chi connectivity index (χ3n) is 5.73. The predicted molar refractivity (Wildman–Crippen MR) is 141 cm³/mol. The first kappa shape index (κ1) is 27.9. The minimum absolute atomic E-state index is 0.0294. The summed E-state index contributed by atoms with van der Waals surface area (Å²) in [5.41, 5.74) is 1.34. The number of fused-ring (bicyclic) bond motifs is 1. The molecule has 4 rings (SSSR count). The van der Waals surface area contributed by atoms with E-state index < -0.39 is 24.7 Å². The van der Waals surface area contributed by atoms with Crippen molar-refractivity contribution in [3.05, 3.63) is 96.2 Å². The predicted octanol–water partition coefficient (Wildman–Crippen LogP) is 4.89. The minimum Gasteiger partial charge on any atom is -0.491 e. The average molecular weight is 540 g/mol. The van der Waals surface area contributed by atoms with Gasteiger partial charge in [0.25, 0.3) is 5.91 Å². The molecule has 39 heavy (non-hydrogen) atoms. The summed E-state index contributed by atoms with van der Waals surface area (Å²) < 4.78 is 49.1. The van der Waals surface area contributed by atoms with Gasteiger partial charge in [-0.05, 0) is 61.0 Å². The summed E-state index contributed by atoms with van der Waals surface area (Å²) >= 11 is 0. The fourth-order valence-electron chi connectivity index (χ4n) is 3.82. The molecule has 0 bridgehead atoms. The second-order valence-electron chi connectivity index (χ2n) is 8.79. The monoisotopic (exact) mass is 539 g/mol. The lowest BCUT2D eigenvalue weighted by Crippen LogP contribution is -2.33. The second-order valence-corrected chi connectivity index (χ2v) is 8.79. The summed E-state index contributed by atoms with van der Waals surface area (Å²) in [6, 6.07) is 23.1. The van der Waals surface area contributed by atoms with E-state index in [0.717, 1.165) is 12.0 Å². The van der Waals surface area contributed by atoms with Crippen LogP contribution in [-0.2, 0) is 6.42 Å². The van der Waals surface area contributed by atoms with Gasteiger partial charge < -0.3 is 25.2 Å². The molecule has 3 aromatic carbocycles. The summed E-state index contributed by atoms with van der Waals surface area (Å²) in [6.45, 7) is -0.161. The van der Waals surface area contributed by atoms with Gasteiger partial charge >= 0.3 is 6.18 Å². The zero-order valence-electron chi connectivity index (χ0n) is 20.9. The van der Waals surface area contributed by atoms with Crippen LogP contribution in [0, 0.1) is 0 Å². The average Bonchev–Trinajstić information content (AvgIpc) is 2.94. The van der Waals surface area contributed by atoms with E-state index >= 15 is 0 Å². The first-order chi connectivity index (χ1) is 18.8. The highest BCUT2D eigenvalue weighted by Crippen LogP contribution is 2.30. The molecule has 0 fully saturated rings. The van der Waals surface area contributed by atoms with E-state index in [4.69, 9.17) is 9.47 Å². The van der Waals surface area contributed by atoms with Crippen LogP contribution in [0.4, 0.5) is 13.2 Å². The standard InChI is InChI=1S/C29H28F3N3O4/c30-29(31,32)19-35-28(37)25-8-4-7-24-26(14-16-34-27(24)25)39-23-11-9-20(10-12-23)13-15-33-17-21(36)18-38-22-5-2-1-3-6-22/h1-12,14,16,21,33,36H,13,15,17-19H2,(H,35,37)/t21-/m0/s1. The molecule has 1 heterocycles. The van der Waals surface area contributed by atoms with E-state index in [-0.39, 0.29) is 17.7 Å². The molecule has 0 aliphatic rings. The van der Waals surface area contributed by atoms with Crippen LogP contribution in [0.25, 0.3) is 10.9 Å². The van der Waals surface area contributed by atoms with Gasteiger partial charge in [-0.3, -0.25) is 9.78 Å². The zero-order valence-corrected chi connectivity index (χ0v) is 20.9. The summed E-state index contributed by atoms with van der Waals surface area (Å²) in [7, 11) is 0. The third-order valence-corrected chi connectivity index (χ3v) is 5.73. The second kappa shape index (κ2) is 13.1. The maximum atomic E-state index is 12.5. The quantitative estimate of drug-likeness (QED) is 0.222. The Morgan fingerprint density at radius 3 is 2.46 bits per heavy atom.